The summed E-state index contributed by atoms with van der Waals surface area (Å²) in [6.45, 7) is 0. The molecular weight excluding hydrogens is 240 g/mol. The van der Waals surface area contributed by atoms with Crippen molar-refractivity contribution in [3.8, 4) is 0 Å². The van der Waals surface area contributed by atoms with E-state index in [1.165, 1.54) is 24.3 Å². The maximum Gasteiger partial charge on any atom is 0.248 e. The average Bonchev–Trinajstić information content (AvgIpc) is 2.18. The fourth-order valence-electron chi connectivity index (χ4n) is 0.909. The maximum atomic E-state index is 11.1. The molecule has 0 unspecified atom stereocenters. The second kappa shape index (κ2) is 4.50. The number of carbonyl (C=O) groups is 1. The number of amides is 1. The summed E-state index contributed by atoms with van der Waals surface area (Å²) >= 11 is 5.20. The van der Waals surface area contributed by atoms with E-state index in [0.29, 0.717) is 11.3 Å². The molecule has 0 aliphatic carbocycles. The molecular formula is C8H9ClN2O3S. The lowest BCUT2D eigenvalue weighted by Crippen LogP contribution is -2.14. The first-order chi connectivity index (χ1) is 6.94. The molecule has 1 aromatic rings. The third-order valence-corrected chi connectivity index (χ3v) is 3.28. The monoisotopic (exact) mass is 248 g/mol. The van der Waals surface area contributed by atoms with E-state index in [-0.39, 0.29) is 0 Å². The maximum absolute atomic E-state index is 11.1. The van der Waals surface area contributed by atoms with Gasteiger partial charge in [0.2, 0.25) is 15.9 Å². The average molecular weight is 249 g/mol. The van der Waals surface area contributed by atoms with Gasteiger partial charge < -0.3 is 5.73 Å². The molecule has 0 spiro atoms. The van der Waals surface area contributed by atoms with E-state index in [0.717, 1.165) is 0 Å². The normalized spacial score (nSPS) is 11.0. The van der Waals surface area contributed by atoms with Gasteiger partial charge in [0.05, 0.1) is 0 Å². The number of anilines is 1. The molecule has 1 aromatic carbocycles. The lowest BCUT2D eigenvalue weighted by atomic mass is 10.2. The van der Waals surface area contributed by atoms with Gasteiger partial charge in [-0.1, -0.05) is 0 Å². The zero-order valence-corrected chi connectivity index (χ0v) is 9.18. The number of rotatable bonds is 4. The zero-order valence-electron chi connectivity index (χ0n) is 7.60. The molecule has 82 valence electrons. The van der Waals surface area contributed by atoms with Crippen molar-refractivity contribution in [1.82, 2.24) is 0 Å². The Hall–Kier alpha value is -1.27. The number of hydrogen-bond donors (Lipinski definition) is 2. The van der Waals surface area contributed by atoms with Gasteiger partial charge in [0.15, 0.2) is 0 Å². The van der Waals surface area contributed by atoms with Crippen molar-refractivity contribution in [2.75, 3.05) is 9.93 Å². The molecule has 0 saturated heterocycles. The van der Waals surface area contributed by atoms with Crippen LogP contribution in [0, 0.1) is 0 Å². The number of hydrogen-bond acceptors (Lipinski definition) is 3. The van der Waals surface area contributed by atoms with Gasteiger partial charge in [-0.2, -0.15) is 0 Å². The van der Waals surface area contributed by atoms with Gasteiger partial charge >= 0.3 is 0 Å². The minimum atomic E-state index is -3.51. The first kappa shape index (κ1) is 11.8. The van der Waals surface area contributed by atoms with E-state index >= 15 is 0 Å². The minimum Gasteiger partial charge on any atom is -0.366 e. The summed E-state index contributed by atoms with van der Waals surface area (Å²) in [6.07, 6.45) is 0. The lowest BCUT2D eigenvalue weighted by molar-refractivity contribution is 0.100. The van der Waals surface area contributed by atoms with Crippen molar-refractivity contribution in [2.45, 2.75) is 0 Å². The molecule has 0 aromatic heterocycles. The second-order valence-electron chi connectivity index (χ2n) is 2.77. The topological polar surface area (TPSA) is 89.3 Å². The molecule has 0 radical (unpaired) electrons. The van der Waals surface area contributed by atoms with Crippen LogP contribution in [0.1, 0.15) is 10.4 Å². The summed E-state index contributed by atoms with van der Waals surface area (Å²) < 4.78 is 24.3. The number of nitrogens with one attached hydrogen (secondary N) is 1. The SMILES string of the molecule is NC(=O)c1ccc(NS(=O)(=O)CCl)cc1. The van der Waals surface area contributed by atoms with Crippen molar-refractivity contribution >= 4 is 33.2 Å². The van der Waals surface area contributed by atoms with Crippen molar-refractivity contribution in [3.63, 3.8) is 0 Å². The van der Waals surface area contributed by atoms with Gasteiger partial charge in [0.1, 0.15) is 5.21 Å². The number of carbonyl (C=O) groups excluding carboxylic acids is 1. The van der Waals surface area contributed by atoms with Gasteiger partial charge in [-0.25, -0.2) is 8.42 Å². The Morgan fingerprint density at radius 2 is 1.87 bits per heavy atom. The molecule has 1 amide bonds. The summed E-state index contributed by atoms with van der Waals surface area (Å²) in [6, 6.07) is 5.72. The zero-order chi connectivity index (χ0) is 11.5. The van der Waals surface area contributed by atoms with Crippen molar-refractivity contribution < 1.29 is 13.2 Å². The molecule has 7 heteroatoms. The van der Waals surface area contributed by atoms with Crippen LogP contribution < -0.4 is 10.5 Å². The molecule has 0 aliphatic rings. The summed E-state index contributed by atoms with van der Waals surface area (Å²) in [5.41, 5.74) is 5.66. The second-order valence-corrected chi connectivity index (χ2v) is 5.07. The molecule has 5 nitrogen and oxygen atoms in total. The third kappa shape index (κ3) is 3.41. The van der Waals surface area contributed by atoms with E-state index in [9.17, 15) is 13.2 Å². The van der Waals surface area contributed by atoms with E-state index in [2.05, 4.69) is 4.72 Å². The van der Waals surface area contributed by atoms with Crippen LogP contribution >= 0.6 is 11.6 Å². The molecule has 0 heterocycles. The number of benzene rings is 1. The quantitative estimate of drug-likeness (QED) is 0.770. The fourth-order valence-corrected chi connectivity index (χ4v) is 1.62. The van der Waals surface area contributed by atoms with E-state index in [1.807, 2.05) is 0 Å². The Bertz CT molecular complexity index is 455. The highest BCUT2D eigenvalue weighted by atomic mass is 35.5. The van der Waals surface area contributed by atoms with Crippen LogP contribution in [0.15, 0.2) is 24.3 Å². The Balaban J connectivity index is 2.86. The van der Waals surface area contributed by atoms with Crippen LogP contribution in [0.4, 0.5) is 5.69 Å². The first-order valence-corrected chi connectivity index (χ1v) is 6.09. The summed E-state index contributed by atoms with van der Waals surface area (Å²) in [5, 5.41) is -0.523. The predicted molar refractivity (Wildman–Crippen MR) is 58.2 cm³/mol. The van der Waals surface area contributed by atoms with Gasteiger partial charge in [0.25, 0.3) is 0 Å². The first-order valence-electron chi connectivity index (χ1n) is 3.91. The van der Waals surface area contributed by atoms with Crippen molar-refractivity contribution in [1.29, 1.82) is 0 Å². The van der Waals surface area contributed by atoms with Gasteiger partial charge in [-0.3, -0.25) is 9.52 Å². The van der Waals surface area contributed by atoms with Gasteiger partial charge in [-0.15, -0.1) is 11.6 Å². The molecule has 1 rings (SSSR count). The van der Waals surface area contributed by atoms with Crippen molar-refractivity contribution in [2.24, 2.45) is 5.73 Å². The van der Waals surface area contributed by atoms with E-state index < -0.39 is 21.1 Å². The minimum absolute atomic E-state index is 0.309. The molecule has 0 aliphatic heterocycles. The van der Waals surface area contributed by atoms with E-state index in [4.69, 9.17) is 17.3 Å². The Labute approximate surface area is 92.3 Å². The third-order valence-electron chi connectivity index (χ3n) is 1.59. The molecule has 0 saturated carbocycles. The Morgan fingerprint density at radius 3 is 2.27 bits per heavy atom. The summed E-state index contributed by atoms with van der Waals surface area (Å²) in [7, 11) is -3.51. The standard InChI is InChI=1S/C8H9ClN2O3S/c9-5-15(13,14)11-7-3-1-6(2-4-7)8(10)12/h1-4,11H,5H2,(H2,10,12). The molecule has 15 heavy (non-hydrogen) atoms. The largest absolute Gasteiger partial charge is 0.366 e. The molecule has 3 N–H and O–H groups in total. The highest BCUT2D eigenvalue weighted by Gasteiger charge is 2.08. The van der Waals surface area contributed by atoms with Crippen LogP contribution in [0.2, 0.25) is 0 Å². The van der Waals surface area contributed by atoms with Crippen LogP contribution in [0.5, 0.6) is 0 Å². The number of nitrogens with two attached hydrogens (primary N) is 1. The summed E-state index contributed by atoms with van der Waals surface area (Å²) in [5.74, 6) is -0.568. The van der Waals surface area contributed by atoms with Crippen LogP contribution in [-0.2, 0) is 10.0 Å². The highest BCUT2D eigenvalue weighted by Crippen LogP contribution is 2.11. The fraction of sp³-hybridized carbons (Fsp3) is 0.125. The van der Waals surface area contributed by atoms with Gasteiger partial charge in [0, 0.05) is 11.3 Å². The number of halogens is 1. The number of sulfonamides is 1. The Kier molecular flexibility index (Phi) is 3.54. The number of alkyl halides is 1. The predicted octanol–water partition coefficient (Wildman–Crippen LogP) is 0.724. The van der Waals surface area contributed by atoms with Crippen molar-refractivity contribution in [3.05, 3.63) is 29.8 Å². The van der Waals surface area contributed by atoms with Crippen LogP contribution in [0.3, 0.4) is 0 Å². The Morgan fingerprint density at radius 1 is 1.33 bits per heavy atom. The summed E-state index contributed by atoms with van der Waals surface area (Å²) in [4.78, 5) is 10.7. The number of primary amides is 1. The smallest absolute Gasteiger partial charge is 0.248 e. The lowest BCUT2D eigenvalue weighted by Gasteiger charge is -2.04. The van der Waals surface area contributed by atoms with Gasteiger partial charge in [-0.05, 0) is 24.3 Å². The molecule has 0 atom stereocenters. The molecule has 0 bridgehead atoms. The van der Waals surface area contributed by atoms with Crippen LogP contribution in [0.25, 0.3) is 0 Å². The van der Waals surface area contributed by atoms with Crippen LogP contribution in [-0.4, -0.2) is 19.5 Å². The van der Waals surface area contributed by atoms with E-state index in [1.54, 1.807) is 0 Å². The molecule has 0 fully saturated rings. The highest BCUT2D eigenvalue weighted by molar-refractivity contribution is 7.93.